The smallest absolute Gasteiger partial charge is 0.378 e. The molecule has 0 spiro atoms. The fraction of sp³-hybridized carbons (Fsp3) is 0.556. The molecule has 9 heteroatoms. The van der Waals surface area contributed by atoms with Crippen molar-refractivity contribution in [1.82, 2.24) is 9.62 Å². The summed E-state index contributed by atoms with van der Waals surface area (Å²) in [5.41, 5.74) is 1.87. The van der Waals surface area contributed by atoms with E-state index in [0.717, 1.165) is 30.2 Å². The minimum absolute atomic E-state index is 0.0413. The third-order valence-electron chi connectivity index (χ3n) is 7.07. The van der Waals surface area contributed by atoms with E-state index in [1.54, 1.807) is 0 Å². The van der Waals surface area contributed by atoms with E-state index < -0.39 is 21.8 Å². The van der Waals surface area contributed by atoms with Crippen molar-refractivity contribution in [1.29, 1.82) is 0 Å². The Morgan fingerprint density at radius 1 is 1.11 bits per heavy atom. The lowest BCUT2D eigenvalue weighted by molar-refractivity contribution is -0.137. The van der Waals surface area contributed by atoms with Crippen LogP contribution in [0.5, 0.6) is 0 Å². The van der Waals surface area contributed by atoms with Gasteiger partial charge >= 0.3 is 6.18 Å². The van der Waals surface area contributed by atoms with Crippen LogP contribution in [0, 0.1) is 11.8 Å². The number of hydrogen-bond acceptors (Lipinski definition) is 4. The first-order valence-corrected chi connectivity index (χ1v) is 14.2. The molecule has 0 aliphatic carbocycles. The normalized spacial score (nSPS) is 21.2. The van der Waals surface area contributed by atoms with Gasteiger partial charge in [-0.2, -0.15) is 13.2 Å². The molecular weight excluding hydrogens is 487 g/mol. The third kappa shape index (κ3) is 7.70. The summed E-state index contributed by atoms with van der Waals surface area (Å²) in [5.74, 6) is 0.155. The summed E-state index contributed by atoms with van der Waals surface area (Å²) in [7, 11) is 0.488. The van der Waals surface area contributed by atoms with Crippen LogP contribution in [-0.2, 0) is 16.2 Å². The Morgan fingerprint density at radius 2 is 1.81 bits per heavy atom. The molecule has 0 saturated carbocycles. The van der Waals surface area contributed by atoms with Crippen LogP contribution in [0.1, 0.15) is 61.8 Å². The quantitative estimate of drug-likeness (QED) is 0.385. The molecule has 200 valence electrons. The number of nitrogens with one attached hydrogen (secondary N) is 2. The number of anilines is 1. The van der Waals surface area contributed by atoms with Gasteiger partial charge in [0, 0.05) is 12.2 Å². The molecule has 2 aromatic rings. The van der Waals surface area contributed by atoms with Gasteiger partial charge in [-0.1, -0.05) is 44.2 Å². The summed E-state index contributed by atoms with van der Waals surface area (Å²) in [6, 6.07) is 13.9. The standard InChI is InChI=1S/C27H38F3N3O2S/c1-19(18-31-36(34,35)16-8-15-33(3)4)11-13-23-20(2)24-17-22(27(28,29)30)12-14-25(24)32-26(23)21-9-6-5-7-10-21/h5-7,9-10,12,14,17,19-20,23,26,31-32H,8,11,13,15-16,18H2,1-4H3/t19-,20+,23-,26+/m1/s1. The van der Waals surface area contributed by atoms with Gasteiger partial charge in [-0.05, 0) is 87.0 Å². The molecule has 0 radical (unpaired) electrons. The van der Waals surface area contributed by atoms with Gasteiger partial charge in [-0.15, -0.1) is 0 Å². The average Bonchev–Trinajstić information content (AvgIpc) is 2.81. The zero-order valence-corrected chi connectivity index (χ0v) is 22.3. The predicted octanol–water partition coefficient (Wildman–Crippen LogP) is 5.88. The lowest BCUT2D eigenvalue weighted by Crippen LogP contribution is -2.33. The van der Waals surface area contributed by atoms with Crippen LogP contribution in [0.3, 0.4) is 0 Å². The highest BCUT2D eigenvalue weighted by molar-refractivity contribution is 7.89. The summed E-state index contributed by atoms with van der Waals surface area (Å²) >= 11 is 0. The van der Waals surface area contributed by atoms with Crippen LogP contribution in [0.4, 0.5) is 18.9 Å². The number of hydrogen-bond donors (Lipinski definition) is 2. The zero-order valence-electron chi connectivity index (χ0n) is 21.5. The van der Waals surface area contributed by atoms with Crippen molar-refractivity contribution in [2.45, 2.75) is 51.2 Å². The fourth-order valence-corrected chi connectivity index (χ4v) is 6.13. The molecule has 0 saturated heterocycles. The molecule has 1 aliphatic heterocycles. The van der Waals surface area contributed by atoms with Gasteiger partial charge < -0.3 is 10.2 Å². The maximum Gasteiger partial charge on any atom is 0.416 e. The van der Waals surface area contributed by atoms with Crippen molar-refractivity contribution in [2.75, 3.05) is 38.3 Å². The largest absolute Gasteiger partial charge is 0.416 e. The Kier molecular flexibility index (Phi) is 9.46. The van der Waals surface area contributed by atoms with Gasteiger partial charge in [0.25, 0.3) is 0 Å². The molecule has 3 rings (SSSR count). The molecule has 2 aromatic carbocycles. The third-order valence-corrected chi connectivity index (χ3v) is 8.51. The highest BCUT2D eigenvalue weighted by Crippen LogP contribution is 2.48. The van der Waals surface area contributed by atoms with E-state index in [9.17, 15) is 21.6 Å². The maximum atomic E-state index is 13.4. The SMILES string of the molecule is C[C@H](CC[C@@H]1[C@H](C)c2cc(C(F)(F)F)ccc2N[C@H]1c1ccccc1)CNS(=O)(=O)CCCN(C)C. The molecule has 0 bridgehead atoms. The van der Waals surface area contributed by atoms with E-state index in [-0.39, 0.29) is 29.5 Å². The van der Waals surface area contributed by atoms with Crippen molar-refractivity contribution in [3.63, 3.8) is 0 Å². The van der Waals surface area contributed by atoms with Crippen molar-refractivity contribution >= 4 is 15.7 Å². The van der Waals surface area contributed by atoms with Crippen LogP contribution in [0.2, 0.25) is 0 Å². The first-order chi connectivity index (χ1) is 16.9. The van der Waals surface area contributed by atoms with Gasteiger partial charge in [-0.25, -0.2) is 13.1 Å². The lowest BCUT2D eigenvalue weighted by Gasteiger charge is -2.40. The minimum Gasteiger partial charge on any atom is -0.378 e. The number of rotatable bonds is 11. The second kappa shape index (κ2) is 12.0. The molecule has 1 heterocycles. The molecule has 2 N–H and O–H groups in total. The molecule has 4 atom stereocenters. The van der Waals surface area contributed by atoms with E-state index in [4.69, 9.17) is 0 Å². The molecular formula is C27H38F3N3O2S. The van der Waals surface area contributed by atoms with Crippen LogP contribution in [0.15, 0.2) is 48.5 Å². The van der Waals surface area contributed by atoms with Crippen LogP contribution in [-0.4, -0.2) is 46.3 Å². The summed E-state index contributed by atoms with van der Waals surface area (Å²) in [5, 5.41) is 3.50. The number of sulfonamides is 1. The van der Waals surface area contributed by atoms with E-state index in [1.807, 2.05) is 63.2 Å². The second-order valence-electron chi connectivity index (χ2n) is 10.3. The van der Waals surface area contributed by atoms with Crippen molar-refractivity contribution in [2.24, 2.45) is 11.8 Å². The van der Waals surface area contributed by atoms with Crippen molar-refractivity contribution in [3.05, 3.63) is 65.2 Å². The number of halogens is 3. The predicted molar refractivity (Wildman–Crippen MR) is 140 cm³/mol. The van der Waals surface area contributed by atoms with Gasteiger partial charge in [-0.3, -0.25) is 0 Å². The highest BCUT2D eigenvalue weighted by Gasteiger charge is 2.37. The Hall–Kier alpha value is -2.10. The zero-order chi connectivity index (χ0) is 26.5. The minimum atomic E-state index is -4.39. The topological polar surface area (TPSA) is 61.4 Å². The number of nitrogens with zero attached hydrogens (tertiary/aromatic N) is 1. The molecule has 36 heavy (non-hydrogen) atoms. The number of alkyl halides is 3. The van der Waals surface area contributed by atoms with E-state index in [0.29, 0.717) is 25.1 Å². The second-order valence-corrected chi connectivity index (χ2v) is 12.2. The van der Waals surface area contributed by atoms with Gasteiger partial charge in [0.05, 0.1) is 17.4 Å². The number of fused-ring (bicyclic) bond motifs is 1. The average molecular weight is 526 g/mol. The summed E-state index contributed by atoms with van der Waals surface area (Å²) in [6.45, 7) is 5.07. The first kappa shape index (κ1) is 28.5. The van der Waals surface area contributed by atoms with Crippen LogP contribution in [0.25, 0.3) is 0 Å². The Balaban J connectivity index is 1.71. The van der Waals surface area contributed by atoms with Gasteiger partial charge in [0.15, 0.2) is 0 Å². The Labute approximate surface area is 213 Å². The van der Waals surface area contributed by atoms with Crippen molar-refractivity contribution in [3.8, 4) is 0 Å². The maximum absolute atomic E-state index is 13.4. The molecule has 1 aliphatic rings. The van der Waals surface area contributed by atoms with Crippen LogP contribution < -0.4 is 10.0 Å². The van der Waals surface area contributed by atoms with E-state index in [1.165, 1.54) is 12.1 Å². The summed E-state index contributed by atoms with van der Waals surface area (Å²) in [4.78, 5) is 1.95. The first-order valence-electron chi connectivity index (χ1n) is 12.5. The summed E-state index contributed by atoms with van der Waals surface area (Å²) in [6.07, 6.45) is -2.31. The van der Waals surface area contributed by atoms with E-state index >= 15 is 0 Å². The van der Waals surface area contributed by atoms with E-state index in [2.05, 4.69) is 10.0 Å². The Morgan fingerprint density at radius 3 is 2.44 bits per heavy atom. The fourth-order valence-electron chi connectivity index (χ4n) is 4.94. The number of benzene rings is 2. The molecule has 0 aromatic heterocycles. The van der Waals surface area contributed by atoms with Gasteiger partial charge in [0.2, 0.25) is 10.0 Å². The highest BCUT2D eigenvalue weighted by atomic mass is 32.2. The van der Waals surface area contributed by atoms with Crippen molar-refractivity contribution < 1.29 is 21.6 Å². The Bertz CT molecular complexity index is 1090. The molecule has 0 unspecified atom stereocenters. The lowest BCUT2D eigenvalue weighted by atomic mass is 9.73. The molecule has 0 amide bonds. The van der Waals surface area contributed by atoms with Gasteiger partial charge in [0.1, 0.15) is 0 Å². The summed E-state index contributed by atoms with van der Waals surface area (Å²) < 4.78 is 67.6. The van der Waals surface area contributed by atoms with Crippen LogP contribution >= 0.6 is 0 Å². The molecule has 0 fully saturated rings. The monoisotopic (exact) mass is 525 g/mol. The molecule has 5 nitrogen and oxygen atoms in total.